The van der Waals surface area contributed by atoms with Gasteiger partial charge in [-0.15, -0.1) is 0 Å². The fraction of sp³-hybridized carbons (Fsp3) is 0.273. The van der Waals surface area contributed by atoms with Crippen LogP contribution in [0.4, 0.5) is 0 Å². The van der Waals surface area contributed by atoms with Crippen molar-refractivity contribution >= 4 is 47.8 Å². The smallest absolute Gasteiger partial charge is 0.0858 e. The molecular weight excluding hydrogens is 372 g/mol. The number of allylic oxidation sites excluding steroid dienone is 2. The number of hydrogen-bond acceptors (Lipinski definition) is 0. The van der Waals surface area contributed by atoms with E-state index in [1.807, 2.05) is 0 Å². The van der Waals surface area contributed by atoms with Crippen LogP contribution in [0.3, 0.4) is 0 Å². The Morgan fingerprint density at radius 2 is 1.93 bits per heavy atom. The minimum Gasteiger partial charge on any atom is -0.0858 e. The number of rotatable bonds is 0. The number of fused-ring (bicyclic) bond motifs is 5. The minimum absolute atomic E-state index is 0.0335. The summed E-state index contributed by atoms with van der Waals surface area (Å²) in [6, 6.07) is 8.62. The molecule has 0 radical (unpaired) electrons. The van der Waals surface area contributed by atoms with Crippen LogP contribution in [0, 0.1) is 0 Å². The summed E-state index contributed by atoms with van der Waals surface area (Å²) in [6.45, 7) is 0. The molecule has 14 heavy (non-hydrogen) atoms. The van der Waals surface area contributed by atoms with Crippen LogP contribution in [0.25, 0.3) is 0 Å². The summed E-state index contributed by atoms with van der Waals surface area (Å²) in [4.78, 5) is 0.432. The highest BCUT2D eigenvalue weighted by molar-refractivity contribution is 9.15. The molecule has 0 unspecified atom stereocenters. The summed E-state index contributed by atoms with van der Waals surface area (Å²) in [5.74, 6) is 0.500. The predicted octanol–water partition coefficient (Wildman–Crippen LogP) is 4.43. The van der Waals surface area contributed by atoms with Gasteiger partial charge in [0.15, 0.2) is 0 Å². The van der Waals surface area contributed by atoms with Crippen LogP contribution >= 0.6 is 47.8 Å². The number of alkyl halides is 2. The first-order valence-electron chi connectivity index (χ1n) is 4.46. The second-order valence-corrected chi connectivity index (χ2v) is 6.83. The normalized spacial score (nSPS) is 38.4. The highest BCUT2D eigenvalue weighted by Crippen LogP contribution is 2.64. The Balaban J connectivity index is 2.31. The van der Waals surface area contributed by atoms with Crippen molar-refractivity contribution in [3.63, 3.8) is 0 Å². The van der Waals surface area contributed by atoms with Gasteiger partial charge in [0.05, 0.1) is 4.32 Å². The Labute approximate surface area is 108 Å². The highest BCUT2D eigenvalue weighted by Gasteiger charge is 2.55. The van der Waals surface area contributed by atoms with Crippen molar-refractivity contribution in [2.75, 3.05) is 0 Å². The zero-order chi connectivity index (χ0) is 9.92. The molecule has 0 nitrogen and oxygen atoms in total. The first-order chi connectivity index (χ1) is 6.65. The molecule has 0 aliphatic heterocycles. The molecule has 0 N–H and O–H groups in total. The molecule has 1 aromatic carbocycles. The van der Waals surface area contributed by atoms with Crippen molar-refractivity contribution in [2.24, 2.45) is 0 Å². The maximum Gasteiger partial charge on any atom is 0.0952 e. The topological polar surface area (TPSA) is 0 Å². The van der Waals surface area contributed by atoms with Crippen molar-refractivity contribution in [1.82, 2.24) is 0 Å². The maximum atomic E-state index is 3.85. The summed E-state index contributed by atoms with van der Waals surface area (Å²) in [6.07, 6.45) is 2.29. The van der Waals surface area contributed by atoms with E-state index in [9.17, 15) is 0 Å². The van der Waals surface area contributed by atoms with Gasteiger partial charge in [-0.2, -0.15) is 0 Å². The molecule has 72 valence electrons. The molecular formula is C11H7Br3. The molecule has 0 fully saturated rings. The molecule has 3 rings (SSSR count). The van der Waals surface area contributed by atoms with Crippen LogP contribution in [-0.2, 0) is 4.32 Å². The van der Waals surface area contributed by atoms with Gasteiger partial charge in [-0.1, -0.05) is 78.1 Å². The third kappa shape index (κ3) is 0.940. The molecule has 0 saturated heterocycles. The number of hydrogen-bond donors (Lipinski definition) is 0. The van der Waals surface area contributed by atoms with Gasteiger partial charge >= 0.3 is 0 Å². The first-order valence-corrected chi connectivity index (χ1v) is 6.96. The fourth-order valence-corrected chi connectivity index (χ4v) is 5.15. The van der Waals surface area contributed by atoms with Gasteiger partial charge in [0.1, 0.15) is 0 Å². The molecule has 0 heterocycles. The monoisotopic (exact) mass is 376 g/mol. The lowest BCUT2D eigenvalue weighted by Crippen LogP contribution is -2.21. The molecule has 2 aliphatic rings. The maximum absolute atomic E-state index is 3.85. The first kappa shape index (κ1) is 9.61. The van der Waals surface area contributed by atoms with Crippen LogP contribution in [0.5, 0.6) is 0 Å². The summed E-state index contributed by atoms with van der Waals surface area (Å²) in [5.41, 5.74) is 2.83. The molecule has 2 bridgehead atoms. The van der Waals surface area contributed by atoms with Gasteiger partial charge in [0.25, 0.3) is 0 Å². The van der Waals surface area contributed by atoms with Gasteiger partial charge in [-0.3, -0.25) is 0 Å². The van der Waals surface area contributed by atoms with Crippen molar-refractivity contribution in [3.8, 4) is 0 Å². The Bertz CT molecular complexity index is 438. The van der Waals surface area contributed by atoms with Crippen LogP contribution in [0.15, 0.2) is 34.8 Å². The summed E-state index contributed by atoms with van der Waals surface area (Å²) < 4.78 is 1.21. The SMILES string of the molecule is BrC1=C[C@@H]2c3ccccc3[C@@]1(Br)[C@@H]2Br. The van der Waals surface area contributed by atoms with E-state index < -0.39 is 0 Å². The van der Waals surface area contributed by atoms with E-state index in [4.69, 9.17) is 0 Å². The zero-order valence-corrected chi connectivity index (χ0v) is 11.9. The largest absolute Gasteiger partial charge is 0.0952 e. The molecule has 0 saturated carbocycles. The average Bonchev–Trinajstić information content (AvgIpc) is 2.54. The predicted molar refractivity (Wildman–Crippen MR) is 69.5 cm³/mol. The van der Waals surface area contributed by atoms with E-state index in [2.05, 4.69) is 78.1 Å². The van der Waals surface area contributed by atoms with Crippen molar-refractivity contribution in [1.29, 1.82) is 0 Å². The van der Waals surface area contributed by atoms with Gasteiger partial charge in [-0.25, -0.2) is 0 Å². The summed E-state index contributed by atoms with van der Waals surface area (Å²) >= 11 is 11.3. The third-order valence-electron chi connectivity index (χ3n) is 3.08. The lowest BCUT2D eigenvalue weighted by atomic mass is 9.97. The van der Waals surface area contributed by atoms with Crippen LogP contribution < -0.4 is 0 Å². The standard InChI is InChI=1S/C11H7Br3/c12-9-5-7-6-3-1-2-4-8(6)11(9,14)10(7)13/h1-5,7,10H/t7-,10-,11+/m1/s1. The van der Waals surface area contributed by atoms with Gasteiger partial charge < -0.3 is 0 Å². The fourth-order valence-electron chi connectivity index (χ4n) is 2.39. The van der Waals surface area contributed by atoms with Crippen molar-refractivity contribution < 1.29 is 0 Å². The average molecular weight is 379 g/mol. The van der Waals surface area contributed by atoms with E-state index in [1.54, 1.807) is 0 Å². The second kappa shape index (κ2) is 2.96. The minimum atomic E-state index is -0.0335. The van der Waals surface area contributed by atoms with Gasteiger partial charge in [0.2, 0.25) is 0 Å². The Hall–Kier alpha value is 0.400. The number of benzene rings is 1. The van der Waals surface area contributed by atoms with E-state index in [1.165, 1.54) is 15.6 Å². The molecule has 0 amide bonds. The van der Waals surface area contributed by atoms with E-state index >= 15 is 0 Å². The Morgan fingerprint density at radius 1 is 1.21 bits per heavy atom. The van der Waals surface area contributed by atoms with E-state index in [-0.39, 0.29) is 4.32 Å². The van der Waals surface area contributed by atoms with Crippen molar-refractivity contribution in [2.45, 2.75) is 15.1 Å². The van der Waals surface area contributed by atoms with E-state index in [0.717, 1.165) is 0 Å². The van der Waals surface area contributed by atoms with Crippen LogP contribution in [0.1, 0.15) is 17.0 Å². The summed E-state index contributed by atoms with van der Waals surface area (Å²) in [5, 5.41) is 0. The van der Waals surface area contributed by atoms with E-state index in [0.29, 0.717) is 10.7 Å². The van der Waals surface area contributed by atoms with Gasteiger partial charge in [-0.05, 0) is 11.1 Å². The summed E-state index contributed by atoms with van der Waals surface area (Å²) in [7, 11) is 0. The second-order valence-electron chi connectivity index (χ2n) is 3.74. The lowest BCUT2D eigenvalue weighted by Gasteiger charge is -2.24. The highest BCUT2D eigenvalue weighted by atomic mass is 79.9. The quantitative estimate of drug-likeness (QED) is 0.586. The molecule has 3 atom stereocenters. The van der Waals surface area contributed by atoms with Crippen LogP contribution in [-0.4, -0.2) is 4.83 Å². The third-order valence-corrected chi connectivity index (χ3v) is 7.72. The van der Waals surface area contributed by atoms with Gasteiger partial charge in [0, 0.05) is 15.2 Å². The number of halogens is 3. The molecule has 3 heteroatoms. The molecule has 2 aliphatic carbocycles. The van der Waals surface area contributed by atoms with Crippen LogP contribution in [0.2, 0.25) is 0 Å². The Morgan fingerprint density at radius 3 is 2.71 bits per heavy atom. The lowest BCUT2D eigenvalue weighted by molar-refractivity contribution is 0.798. The molecule has 0 spiro atoms. The molecule has 1 aromatic rings. The molecule has 0 aromatic heterocycles. The van der Waals surface area contributed by atoms with Crippen molar-refractivity contribution in [3.05, 3.63) is 46.0 Å². The Kier molecular flexibility index (Phi) is 2.03. The zero-order valence-electron chi connectivity index (χ0n) is 7.18.